The topological polar surface area (TPSA) is 52.3 Å². The van der Waals surface area contributed by atoms with Gasteiger partial charge in [-0.15, -0.1) is 0 Å². The van der Waals surface area contributed by atoms with Gasteiger partial charge in [0.1, 0.15) is 0 Å². The summed E-state index contributed by atoms with van der Waals surface area (Å²) in [6, 6.07) is 6.40. The van der Waals surface area contributed by atoms with Gasteiger partial charge in [0, 0.05) is 17.1 Å². The zero-order valence-corrected chi connectivity index (χ0v) is 8.72. The maximum atomic E-state index is 11.2. The first kappa shape index (κ1) is 10.2. The van der Waals surface area contributed by atoms with Gasteiger partial charge in [-0.2, -0.15) is 0 Å². The largest absolute Gasteiger partial charge is 0.465 e. The van der Waals surface area contributed by atoms with Gasteiger partial charge in [0.25, 0.3) is 0 Å². The highest BCUT2D eigenvalue weighted by Gasteiger charge is 2.11. The second-order valence-electron chi connectivity index (χ2n) is 2.40. The van der Waals surface area contributed by atoms with E-state index >= 15 is 0 Å². The number of carbonyl (C=O) groups excluding carboxylic acids is 1. The maximum Gasteiger partial charge on any atom is 0.338 e. The highest BCUT2D eigenvalue weighted by atomic mass is 79.9. The van der Waals surface area contributed by atoms with E-state index in [4.69, 9.17) is 5.73 Å². The Morgan fingerprint density at radius 2 is 2.38 bits per heavy atom. The fraction of sp³-hybridized carbons (Fsp3) is 0.222. The Kier molecular flexibility index (Phi) is 3.45. The quantitative estimate of drug-likeness (QED) is 0.800. The summed E-state index contributed by atoms with van der Waals surface area (Å²) in [5.41, 5.74) is 6.57. The summed E-state index contributed by atoms with van der Waals surface area (Å²) in [4.78, 5) is 11.2. The number of carbonyl (C=O) groups is 1. The average Bonchev–Trinajstić information content (AvgIpc) is 2.16. The lowest BCUT2D eigenvalue weighted by atomic mass is 10.1. The van der Waals surface area contributed by atoms with Crippen LogP contribution < -0.4 is 5.73 Å². The van der Waals surface area contributed by atoms with Crippen molar-refractivity contribution in [1.29, 1.82) is 0 Å². The lowest BCUT2D eigenvalue weighted by Crippen LogP contribution is -2.09. The van der Waals surface area contributed by atoms with Crippen molar-refractivity contribution in [2.24, 2.45) is 5.73 Å². The standard InChI is InChI=1S/C9H9BrNO2/c1-13-9(12)8-4-7(10)3-2-6(8)5-11/h2-3H,5,11H2,1H3. The van der Waals surface area contributed by atoms with Gasteiger partial charge < -0.3 is 10.5 Å². The highest BCUT2D eigenvalue weighted by molar-refractivity contribution is 9.10. The number of nitrogens with two attached hydrogens (primary N) is 1. The average molecular weight is 243 g/mol. The van der Waals surface area contributed by atoms with E-state index in [1.807, 2.05) is 0 Å². The van der Waals surface area contributed by atoms with Crippen LogP contribution in [0, 0.1) is 6.07 Å². The van der Waals surface area contributed by atoms with E-state index in [2.05, 4.69) is 26.7 Å². The minimum Gasteiger partial charge on any atom is -0.465 e. The molecule has 0 amide bonds. The van der Waals surface area contributed by atoms with E-state index in [-0.39, 0.29) is 0 Å². The van der Waals surface area contributed by atoms with Crippen molar-refractivity contribution in [3.63, 3.8) is 0 Å². The monoisotopic (exact) mass is 242 g/mol. The van der Waals surface area contributed by atoms with Crippen LogP contribution in [0.4, 0.5) is 0 Å². The molecule has 1 radical (unpaired) electrons. The number of benzene rings is 1. The van der Waals surface area contributed by atoms with Crippen LogP contribution in [0.3, 0.4) is 0 Å². The lowest BCUT2D eigenvalue weighted by molar-refractivity contribution is 0.0599. The molecule has 1 rings (SSSR count). The molecule has 0 saturated heterocycles. The smallest absolute Gasteiger partial charge is 0.338 e. The highest BCUT2D eigenvalue weighted by Crippen LogP contribution is 2.16. The molecule has 0 aromatic heterocycles. The number of halogens is 1. The zero-order chi connectivity index (χ0) is 9.84. The van der Waals surface area contributed by atoms with Crippen molar-refractivity contribution in [2.45, 2.75) is 6.54 Å². The Morgan fingerprint density at radius 1 is 1.69 bits per heavy atom. The normalized spacial score (nSPS) is 9.77. The minimum atomic E-state index is -0.415. The van der Waals surface area contributed by atoms with Gasteiger partial charge in [-0.3, -0.25) is 0 Å². The summed E-state index contributed by atoms with van der Waals surface area (Å²) in [5, 5.41) is 0. The third kappa shape index (κ3) is 2.29. The van der Waals surface area contributed by atoms with Crippen LogP contribution in [0.1, 0.15) is 15.9 Å². The van der Waals surface area contributed by atoms with Crippen LogP contribution >= 0.6 is 15.9 Å². The fourth-order valence-corrected chi connectivity index (χ4v) is 1.28. The molecule has 0 aliphatic carbocycles. The van der Waals surface area contributed by atoms with E-state index in [0.29, 0.717) is 16.6 Å². The molecule has 0 bridgehead atoms. The summed E-state index contributed by atoms with van der Waals surface area (Å²) in [6.45, 7) is 0.300. The van der Waals surface area contributed by atoms with Crippen LogP contribution in [0.5, 0.6) is 0 Å². The van der Waals surface area contributed by atoms with Gasteiger partial charge in [0.15, 0.2) is 0 Å². The number of esters is 1. The van der Waals surface area contributed by atoms with Gasteiger partial charge in [0.05, 0.1) is 12.7 Å². The third-order valence-corrected chi connectivity index (χ3v) is 2.07. The van der Waals surface area contributed by atoms with Crippen molar-refractivity contribution < 1.29 is 9.53 Å². The van der Waals surface area contributed by atoms with Crippen molar-refractivity contribution in [3.8, 4) is 0 Å². The Hall–Kier alpha value is -0.870. The Labute approximate surface area is 85.0 Å². The zero-order valence-electron chi connectivity index (χ0n) is 7.13. The first-order chi connectivity index (χ1) is 6.19. The molecule has 0 unspecified atom stereocenters. The van der Waals surface area contributed by atoms with Gasteiger partial charge in [-0.25, -0.2) is 4.79 Å². The Bertz CT molecular complexity index is 325. The predicted molar refractivity (Wildman–Crippen MR) is 52.2 cm³/mol. The molecular weight excluding hydrogens is 234 g/mol. The molecule has 0 spiro atoms. The van der Waals surface area contributed by atoms with E-state index < -0.39 is 5.97 Å². The van der Waals surface area contributed by atoms with E-state index in [1.54, 1.807) is 12.1 Å². The van der Waals surface area contributed by atoms with Crippen molar-refractivity contribution in [2.75, 3.05) is 7.11 Å². The van der Waals surface area contributed by atoms with Gasteiger partial charge in [0.2, 0.25) is 0 Å². The van der Waals surface area contributed by atoms with E-state index in [0.717, 1.165) is 5.56 Å². The van der Waals surface area contributed by atoms with Crippen LogP contribution in [-0.2, 0) is 11.3 Å². The van der Waals surface area contributed by atoms with Crippen LogP contribution in [-0.4, -0.2) is 13.1 Å². The predicted octanol–water partition coefficient (Wildman–Crippen LogP) is 1.49. The molecule has 0 fully saturated rings. The number of hydrogen-bond acceptors (Lipinski definition) is 3. The first-order valence-electron chi connectivity index (χ1n) is 3.68. The maximum absolute atomic E-state index is 11.2. The molecule has 0 aliphatic rings. The van der Waals surface area contributed by atoms with Gasteiger partial charge >= 0.3 is 5.97 Å². The number of rotatable bonds is 2. The molecule has 2 N–H and O–H groups in total. The molecular formula is C9H9BrNO2. The van der Waals surface area contributed by atoms with Crippen molar-refractivity contribution in [1.82, 2.24) is 0 Å². The van der Waals surface area contributed by atoms with Gasteiger partial charge in [-0.1, -0.05) is 22.0 Å². The van der Waals surface area contributed by atoms with Gasteiger partial charge in [-0.05, 0) is 11.6 Å². The number of ether oxygens (including phenoxy) is 1. The summed E-state index contributed by atoms with van der Waals surface area (Å²) in [6.07, 6.45) is 0. The first-order valence-corrected chi connectivity index (χ1v) is 4.47. The Morgan fingerprint density at radius 3 is 2.92 bits per heavy atom. The molecule has 4 heteroatoms. The number of methoxy groups -OCH3 is 1. The summed E-state index contributed by atoms with van der Waals surface area (Å²) in [7, 11) is 1.33. The van der Waals surface area contributed by atoms with Crippen LogP contribution in [0.25, 0.3) is 0 Å². The van der Waals surface area contributed by atoms with Crippen molar-refractivity contribution in [3.05, 3.63) is 33.8 Å². The third-order valence-electron chi connectivity index (χ3n) is 1.61. The molecule has 1 aromatic carbocycles. The molecule has 13 heavy (non-hydrogen) atoms. The molecule has 0 heterocycles. The second kappa shape index (κ2) is 4.39. The molecule has 0 aliphatic heterocycles. The molecule has 3 nitrogen and oxygen atoms in total. The molecule has 0 saturated carbocycles. The molecule has 1 aromatic rings. The van der Waals surface area contributed by atoms with Crippen LogP contribution in [0.2, 0.25) is 0 Å². The van der Waals surface area contributed by atoms with E-state index in [1.165, 1.54) is 7.11 Å². The number of hydrogen-bond donors (Lipinski definition) is 1. The lowest BCUT2D eigenvalue weighted by Gasteiger charge is -2.04. The van der Waals surface area contributed by atoms with Crippen molar-refractivity contribution >= 4 is 21.9 Å². The minimum absolute atomic E-state index is 0.300. The summed E-state index contributed by atoms with van der Waals surface area (Å²) >= 11 is 3.22. The Balaban J connectivity index is 3.15. The summed E-state index contributed by atoms with van der Waals surface area (Å²) < 4.78 is 5.30. The molecule has 0 atom stereocenters. The van der Waals surface area contributed by atoms with Crippen LogP contribution in [0.15, 0.2) is 16.6 Å². The fourth-order valence-electron chi connectivity index (χ4n) is 0.953. The second-order valence-corrected chi connectivity index (χ2v) is 3.26. The SMILES string of the molecule is COC(=O)c1[c]c(Br)ccc1CN. The summed E-state index contributed by atoms with van der Waals surface area (Å²) in [5.74, 6) is -0.415. The molecule has 69 valence electrons. The van der Waals surface area contributed by atoms with E-state index in [9.17, 15) is 4.79 Å².